The minimum Gasteiger partial charge on any atom is -0.497 e. The number of urea groups is 1. The smallest absolute Gasteiger partial charge is 0.319 e. The minimum atomic E-state index is -0.232. The maximum Gasteiger partial charge on any atom is 0.319 e. The molecule has 5 nitrogen and oxygen atoms in total. The number of nitrogens with zero attached hydrogens (tertiary/aromatic N) is 1. The fourth-order valence-electron chi connectivity index (χ4n) is 2.57. The summed E-state index contributed by atoms with van der Waals surface area (Å²) in [6, 6.07) is 15.3. The van der Waals surface area contributed by atoms with Crippen LogP contribution in [0.5, 0.6) is 5.75 Å². The summed E-state index contributed by atoms with van der Waals surface area (Å²) in [5.41, 5.74) is 2.86. The predicted octanol–water partition coefficient (Wildman–Crippen LogP) is 3.51. The van der Waals surface area contributed by atoms with Crippen molar-refractivity contribution in [3.63, 3.8) is 0 Å². The summed E-state index contributed by atoms with van der Waals surface area (Å²) in [5.74, 6) is 0.777. The van der Waals surface area contributed by atoms with Crippen molar-refractivity contribution in [3.05, 3.63) is 60.3 Å². The van der Waals surface area contributed by atoms with Crippen molar-refractivity contribution in [2.24, 2.45) is 7.05 Å². The number of aryl methyl sites for hydroxylation is 1. The molecule has 3 aromatic rings. The normalized spacial score (nSPS) is 10.5. The van der Waals surface area contributed by atoms with E-state index in [0.29, 0.717) is 6.54 Å². The molecule has 0 aliphatic heterocycles. The highest BCUT2D eigenvalue weighted by Gasteiger charge is 2.09. The van der Waals surface area contributed by atoms with Crippen LogP contribution in [0.2, 0.25) is 0 Å². The van der Waals surface area contributed by atoms with E-state index in [4.69, 9.17) is 4.74 Å². The van der Waals surface area contributed by atoms with E-state index in [0.717, 1.165) is 27.9 Å². The molecule has 0 aliphatic carbocycles. The Hall–Kier alpha value is -2.95. The van der Waals surface area contributed by atoms with Crippen molar-refractivity contribution >= 4 is 22.6 Å². The molecule has 0 fully saturated rings. The van der Waals surface area contributed by atoms with Crippen molar-refractivity contribution in [1.82, 2.24) is 9.88 Å². The van der Waals surface area contributed by atoms with Gasteiger partial charge in [-0.3, -0.25) is 0 Å². The number of benzene rings is 2. The molecule has 0 spiro atoms. The highest BCUT2D eigenvalue weighted by Crippen LogP contribution is 2.24. The van der Waals surface area contributed by atoms with Crippen LogP contribution in [0.1, 0.15) is 5.56 Å². The molecule has 0 radical (unpaired) electrons. The lowest BCUT2D eigenvalue weighted by molar-refractivity contribution is 0.251. The zero-order valence-corrected chi connectivity index (χ0v) is 13.2. The molecular weight excluding hydrogens is 290 g/mol. The van der Waals surface area contributed by atoms with E-state index in [1.165, 1.54) is 0 Å². The van der Waals surface area contributed by atoms with Gasteiger partial charge in [-0.2, -0.15) is 0 Å². The molecule has 3 rings (SSSR count). The fraction of sp³-hybridized carbons (Fsp3) is 0.167. The quantitative estimate of drug-likeness (QED) is 0.775. The van der Waals surface area contributed by atoms with Gasteiger partial charge >= 0.3 is 6.03 Å². The summed E-state index contributed by atoms with van der Waals surface area (Å²) in [7, 11) is 3.58. The monoisotopic (exact) mass is 309 g/mol. The zero-order valence-electron chi connectivity index (χ0n) is 13.2. The van der Waals surface area contributed by atoms with Crippen LogP contribution in [0.4, 0.5) is 10.5 Å². The number of amides is 2. The van der Waals surface area contributed by atoms with Crippen molar-refractivity contribution < 1.29 is 9.53 Å². The Balaban J connectivity index is 1.67. The van der Waals surface area contributed by atoms with Crippen molar-refractivity contribution in [1.29, 1.82) is 0 Å². The van der Waals surface area contributed by atoms with Gasteiger partial charge in [0.25, 0.3) is 0 Å². The maximum atomic E-state index is 12.1. The van der Waals surface area contributed by atoms with Crippen molar-refractivity contribution in [3.8, 4) is 5.75 Å². The summed E-state index contributed by atoms with van der Waals surface area (Å²) in [6.45, 7) is 0.438. The highest BCUT2D eigenvalue weighted by molar-refractivity contribution is 6.01. The number of nitrogens with one attached hydrogen (secondary N) is 2. The Bertz CT molecular complexity index is 839. The molecule has 118 valence electrons. The largest absolute Gasteiger partial charge is 0.497 e. The van der Waals surface area contributed by atoms with E-state index in [9.17, 15) is 4.79 Å². The molecule has 2 amide bonds. The van der Waals surface area contributed by atoms with Crippen LogP contribution in [0.25, 0.3) is 10.9 Å². The van der Waals surface area contributed by atoms with E-state index in [1.54, 1.807) is 7.11 Å². The Kier molecular flexibility index (Phi) is 4.19. The molecule has 1 aromatic heterocycles. The number of anilines is 1. The summed E-state index contributed by atoms with van der Waals surface area (Å²) >= 11 is 0. The summed E-state index contributed by atoms with van der Waals surface area (Å²) in [5, 5.41) is 6.78. The number of hydrogen-bond donors (Lipinski definition) is 2. The van der Waals surface area contributed by atoms with Gasteiger partial charge in [0.1, 0.15) is 5.75 Å². The van der Waals surface area contributed by atoms with Gasteiger partial charge in [-0.05, 0) is 23.8 Å². The third kappa shape index (κ3) is 3.29. The second-order valence-corrected chi connectivity index (χ2v) is 5.33. The summed E-state index contributed by atoms with van der Waals surface area (Å²) < 4.78 is 7.17. The number of hydrogen-bond acceptors (Lipinski definition) is 2. The van der Waals surface area contributed by atoms with Gasteiger partial charge < -0.3 is 19.9 Å². The lowest BCUT2D eigenvalue weighted by Crippen LogP contribution is -2.28. The van der Waals surface area contributed by atoms with Gasteiger partial charge in [-0.15, -0.1) is 0 Å². The Labute approximate surface area is 134 Å². The van der Waals surface area contributed by atoms with Crippen LogP contribution in [0.15, 0.2) is 54.7 Å². The molecule has 0 bridgehead atoms. The van der Waals surface area contributed by atoms with Gasteiger partial charge in [-0.1, -0.05) is 30.3 Å². The maximum absolute atomic E-state index is 12.1. The molecule has 2 N–H and O–H groups in total. The Morgan fingerprint density at radius 2 is 2.00 bits per heavy atom. The van der Waals surface area contributed by atoms with Crippen molar-refractivity contribution in [2.75, 3.05) is 12.4 Å². The minimum absolute atomic E-state index is 0.232. The number of ether oxygens (including phenoxy) is 1. The van der Waals surface area contributed by atoms with Gasteiger partial charge in [0, 0.05) is 30.7 Å². The third-order valence-corrected chi connectivity index (χ3v) is 3.73. The molecule has 0 saturated carbocycles. The fourth-order valence-corrected chi connectivity index (χ4v) is 2.57. The molecule has 0 unspecified atom stereocenters. The number of para-hydroxylation sites is 1. The summed E-state index contributed by atoms with van der Waals surface area (Å²) in [4.78, 5) is 12.1. The van der Waals surface area contributed by atoms with Crippen LogP contribution in [0.3, 0.4) is 0 Å². The molecule has 1 heterocycles. The standard InChI is InChI=1S/C18H19N3O2/c1-21-12-16(15-8-3-4-9-17(15)21)20-18(22)19-11-13-6-5-7-14(10-13)23-2/h3-10,12H,11H2,1-2H3,(H2,19,20,22). The summed E-state index contributed by atoms with van der Waals surface area (Å²) in [6.07, 6.45) is 1.91. The van der Waals surface area contributed by atoms with Gasteiger partial charge in [-0.25, -0.2) is 4.79 Å². The van der Waals surface area contributed by atoms with Crippen LogP contribution in [0, 0.1) is 0 Å². The first-order chi connectivity index (χ1) is 11.2. The lowest BCUT2D eigenvalue weighted by atomic mass is 10.2. The number of carbonyl (C=O) groups is 1. The van der Waals surface area contributed by atoms with Gasteiger partial charge in [0.15, 0.2) is 0 Å². The molecule has 2 aromatic carbocycles. The topological polar surface area (TPSA) is 55.3 Å². The average Bonchev–Trinajstić information content (AvgIpc) is 2.89. The lowest BCUT2D eigenvalue weighted by Gasteiger charge is -2.08. The van der Waals surface area contributed by atoms with Crippen molar-refractivity contribution in [2.45, 2.75) is 6.54 Å². The van der Waals surface area contributed by atoms with Crippen LogP contribution in [-0.4, -0.2) is 17.7 Å². The predicted molar refractivity (Wildman–Crippen MR) is 91.8 cm³/mol. The van der Waals surface area contributed by atoms with Gasteiger partial charge in [0.05, 0.1) is 12.8 Å². The van der Waals surface area contributed by atoms with Crippen LogP contribution in [-0.2, 0) is 13.6 Å². The molecule has 0 saturated heterocycles. The number of methoxy groups -OCH3 is 1. The first-order valence-corrected chi connectivity index (χ1v) is 7.39. The van der Waals surface area contributed by atoms with E-state index in [2.05, 4.69) is 10.6 Å². The number of rotatable bonds is 4. The highest BCUT2D eigenvalue weighted by atomic mass is 16.5. The van der Waals surface area contributed by atoms with Crippen LogP contribution >= 0.6 is 0 Å². The number of aromatic nitrogens is 1. The number of carbonyl (C=O) groups excluding carboxylic acids is 1. The molecular formula is C18H19N3O2. The third-order valence-electron chi connectivity index (χ3n) is 3.73. The molecule has 0 aliphatic rings. The van der Waals surface area contributed by atoms with Crippen LogP contribution < -0.4 is 15.4 Å². The van der Waals surface area contributed by atoms with E-state index < -0.39 is 0 Å². The second-order valence-electron chi connectivity index (χ2n) is 5.33. The Morgan fingerprint density at radius 1 is 1.17 bits per heavy atom. The Morgan fingerprint density at radius 3 is 2.83 bits per heavy atom. The first-order valence-electron chi connectivity index (χ1n) is 7.39. The second kappa shape index (κ2) is 6.44. The SMILES string of the molecule is COc1cccc(CNC(=O)Nc2cn(C)c3ccccc23)c1. The number of fused-ring (bicyclic) bond motifs is 1. The van der Waals surface area contributed by atoms with Gasteiger partial charge in [0.2, 0.25) is 0 Å². The van der Waals surface area contributed by atoms with E-state index in [-0.39, 0.29) is 6.03 Å². The first kappa shape index (κ1) is 15.0. The van der Waals surface area contributed by atoms with E-state index in [1.807, 2.05) is 66.3 Å². The average molecular weight is 309 g/mol. The molecule has 5 heteroatoms. The zero-order chi connectivity index (χ0) is 16.2. The van der Waals surface area contributed by atoms with E-state index >= 15 is 0 Å². The molecule has 23 heavy (non-hydrogen) atoms. The molecule has 0 atom stereocenters.